The molecule has 160 valence electrons. The molecule has 1 heterocycles. The molecule has 29 heavy (non-hydrogen) atoms. The van der Waals surface area contributed by atoms with Gasteiger partial charge in [-0.2, -0.15) is 0 Å². The zero-order valence-electron chi connectivity index (χ0n) is 18.0. The summed E-state index contributed by atoms with van der Waals surface area (Å²) in [6.45, 7) is 11.5. The number of nitrogens with zero attached hydrogens (tertiary/aromatic N) is 1. The van der Waals surface area contributed by atoms with Crippen LogP contribution in [0.15, 0.2) is 30.3 Å². The number of esters is 1. The maximum atomic E-state index is 13.5. The standard InChI is InChI=1S/C22H31NO4S2/c1-14(2)17-13-29-21(28)23(17)19(24)18(27-20(25)22(4,5)6)15(3)26-12-16-10-8-7-9-11-16/h7-11,14-15,17-18H,12-13H2,1-6H3/t15-,17-,18-/m1/s1. The van der Waals surface area contributed by atoms with Crippen molar-refractivity contribution >= 4 is 40.2 Å². The monoisotopic (exact) mass is 437 g/mol. The molecule has 0 unspecified atom stereocenters. The number of hydrogen-bond donors (Lipinski definition) is 0. The van der Waals surface area contributed by atoms with E-state index in [4.69, 9.17) is 21.7 Å². The van der Waals surface area contributed by atoms with E-state index in [1.54, 1.807) is 32.6 Å². The second kappa shape index (κ2) is 10.0. The van der Waals surface area contributed by atoms with Crippen LogP contribution in [0, 0.1) is 11.3 Å². The molecular weight excluding hydrogens is 406 g/mol. The molecule has 3 atom stereocenters. The van der Waals surface area contributed by atoms with Crippen LogP contribution in [0.4, 0.5) is 0 Å². The minimum atomic E-state index is -1.05. The second-order valence-electron chi connectivity index (χ2n) is 8.67. The Hall–Kier alpha value is -1.44. The van der Waals surface area contributed by atoms with Gasteiger partial charge in [0, 0.05) is 5.75 Å². The van der Waals surface area contributed by atoms with E-state index in [1.807, 2.05) is 30.3 Å². The van der Waals surface area contributed by atoms with Crippen molar-refractivity contribution in [3.05, 3.63) is 35.9 Å². The molecule has 0 aliphatic carbocycles. The highest BCUT2D eigenvalue weighted by Crippen LogP contribution is 2.31. The lowest BCUT2D eigenvalue weighted by molar-refractivity contribution is -0.175. The lowest BCUT2D eigenvalue weighted by atomic mass is 9.97. The summed E-state index contributed by atoms with van der Waals surface area (Å²) < 4.78 is 12.2. The summed E-state index contributed by atoms with van der Waals surface area (Å²) in [5.41, 5.74) is 0.259. The van der Waals surface area contributed by atoms with E-state index in [9.17, 15) is 9.59 Å². The van der Waals surface area contributed by atoms with Gasteiger partial charge < -0.3 is 9.47 Å². The topological polar surface area (TPSA) is 55.8 Å². The molecule has 0 N–H and O–H groups in total. The number of benzene rings is 1. The lowest BCUT2D eigenvalue weighted by Gasteiger charge is -2.33. The van der Waals surface area contributed by atoms with E-state index in [0.717, 1.165) is 11.3 Å². The van der Waals surface area contributed by atoms with Crippen LogP contribution in [0.2, 0.25) is 0 Å². The van der Waals surface area contributed by atoms with Gasteiger partial charge in [-0.05, 0) is 39.2 Å². The number of amides is 1. The second-order valence-corrected chi connectivity index (χ2v) is 10.3. The molecule has 1 amide bonds. The fourth-order valence-electron chi connectivity index (χ4n) is 2.85. The quantitative estimate of drug-likeness (QED) is 0.464. The molecule has 1 aliphatic rings. The molecule has 7 heteroatoms. The van der Waals surface area contributed by atoms with Crippen LogP contribution in [0.5, 0.6) is 0 Å². The summed E-state index contributed by atoms with van der Waals surface area (Å²) in [6.07, 6.45) is -1.67. The predicted molar refractivity (Wildman–Crippen MR) is 121 cm³/mol. The van der Waals surface area contributed by atoms with E-state index < -0.39 is 23.6 Å². The zero-order valence-corrected chi connectivity index (χ0v) is 19.6. The van der Waals surface area contributed by atoms with E-state index in [-0.39, 0.29) is 17.9 Å². The van der Waals surface area contributed by atoms with Gasteiger partial charge in [-0.15, -0.1) is 0 Å². The average Bonchev–Trinajstić information content (AvgIpc) is 3.05. The fourth-order valence-corrected chi connectivity index (χ4v) is 4.49. The van der Waals surface area contributed by atoms with Crippen LogP contribution >= 0.6 is 24.0 Å². The molecule has 1 saturated heterocycles. The fraction of sp³-hybridized carbons (Fsp3) is 0.591. The van der Waals surface area contributed by atoms with Gasteiger partial charge in [-0.1, -0.05) is 68.2 Å². The molecule has 1 aliphatic heterocycles. The number of carbonyl (C=O) groups is 2. The van der Waals surface area contributed by atoms with Crippen molar-refractivity contribution in [2.24, 2.45) is 11.3 Å². The summed E-state index contributed by atoms with van der Waals surface area (Å²) in [7, 11) is 0. The lowest BCUT2D eigenvalue weighted by Crippen LogP contribution is -2.52. The minimum Gasteiger partial charge on any atom is -0.449 e. The Bertz CT molecular complexity index is 730. The molecule has 5 nitrogen and oxygen atoms in total. The average molecular weight is 438 g/mol. The Balaban J connectivity index is 2.22. The molecule has 1 aromatic carbocycles. The van der Waals surface area contributed by atoms with Crippen LogP contribution < -0.4 is 0 Å². The summed E-state index contributed by atoms with van der Waals surface area (Å²) in [5.74, 6) is 0.245. The van der Waals surface area contributed by atoms with Gasteiger partial charge in [0.25, 0.3) is 5.91 Å². The van der Waals surface area contributed by atoms with Crippen LogP contribution in [0.3, 0.4) is 0 Å². The van der Waals surface area contributed by atoms with Crippen LogP contribution in [-0.4, -0.2) is 45.1 Å². The highest BCUT2D eigenvalue weighted by molar-refractivity contribution is 8.23. The Morgan fingerprint density at radius 1 is 1.21 bits per heavy atom. The molecule has 0 spiro atoms. The molecule has 0 aromatic heterocycles. The minimum absolute atomic E-state index is 0.0165. The number of thiocarbonyl (C=S) groups is 1. The van der Waals surface area contributed by atoms with Crippen molar-refractivity contribution in [1.29, 1.82) is 0 Å². The van der Waals surface area contributed by atoms with E-state index in [0.29, 0.717) is 10.9 Å². The van der Waals surface area contributed by atoms with E-state index >= 15 is 0 Å². The molecule has 2 rings (SSSR count). The van der Waals surface area contributed by atoms with Crippen molar-refractivity contribution in [2.45, 2.75) is 66.4 Å². The first kappa shape index (κ1) is 23.8. The number of thioether (sulfide) groups is 1. The Labute approximate surface area is 183 Å². The van der Waals surface area contributed by atoms with Gasteiger partial charge in [0.05, 0.1) is 18.1 Å². The predicted octanol–water partition coefficient (Wildman–Crippen LogP) is 4.43. The molecular formula is C22H31NO4S2. The first-order chi connectivity index (χ1) is 13.5. The van der Waals surface area contributed by atoms with Crippen molar-refractivity contribution in [3.8, 4) is 0 Å². The third-order valence-electron chi connectivity index (χ3n) is 4.78. The summed E-state index contributed by atoms with van der Waals surface area (Å²) in [4.78, 5) is 27.7. The number of rotatable bonds is 7. The Morgan fingerprint density at radius 2 is 1.83 bits per heavy atom. The largest absolute Gasteiger partial charge is 0.449 e. The van der Waals surface area contributed by atoms with Gasteiger partial charge in [0.2, 0.25) is 6.10 Å². The third-order valence-corrected chi connectivity index (χ3v) is 6.29. The first-order valence-electron chi connectivity index (χ1n) is 9.88. The van der Waals surface area contributed by atoms with Gasteiger partial charge in [0.15, 0.2) is 0 Å². The Kier molecular flexibility index (Phi) is 8.26. The highest BCUT2D eigenvalue weighted by atomic mass is 32.2. The molecule has 1 fully saturated rings. The first-order valence-corrected chi connectivity index (χ1v) is 11.3. The van der Waals surface area contributed by atoms with Crippen molar-refractivity contribution in [1.82, 2.24) is 4.90 Å². The molecule has 1 aromatic rings. The molecule has 0 radical (unpaired) electrons. The van der Waals surface area contributed by atoms with Gasteiger partial charge in [-0.3, -0.25) is 14.5 Å². The smallest absolute Gasteiger partial charge is 0.312 e. The van der Waals surface area contributed by atoms with Crippen LogP contribution in [0.25, 0.3) is 0 Å². The zero-order chi connectivity index (χ0) is 21.8. The third kappa shape index (κ3) is 6.27. The SMILES string of the molecule is CC(C)[C@H]1CSC(=S)N1C(=O)[C@H](OC(=O)C(C)(C)C)[C@@H](C)OCc1ccccc1. The summed E-state index contributed by atoms with van der Waals surface area (Å²) in [5, 5.41) is 0. The number of ether oxygens (including phenoxy) is 2. The van der Waals surface area contributed by atoms with E-state index in [2.05, 4.69) is 13.8 Å². The van der Waals surface area contributed by atoms with Gasteiger partial charge in [-0.25, -0.2) is 0 Å². The normalized spacial score (nSPS) is 19.3. The highest BCUT2D eigenvalue weighted by Gasteiger charge is 2.43. The van der Waals surface area contributed by atoms with Crippen LogP contribution in [-0.2, 0) is 25.7 Å². The summed E-state index contributed by atoms with van der Waals surface area (Å²) in [6, 6.07) is 9.68. The maximum absolute atomic E-state index is 13.5. The Morgan fingerprint density at radius 3 is 2.38 bits per heavy atom. The van der Waals surface area contributed by atoms with Crippen molar-refractivity contribution < 1.29 is 19.1 Å². The van der Waals surface area contributed by atoms with Crippen molar-refractivity contribution in [2.75, 3.05) is 5.75 Å². The van der Waals surface area contributed by atoms with Crippen LogP contribution in [0.1, 0.15) is 47.1 Å². The molecule has 0 bridgehead atoms. The van der Waals surface area contributed by atoms with Gasteiger partial charge in [0.1, 0.15) is 10.4 Å². The van der Waals surface area contributed by atoms with Crippen molar-refractivity contribution in [3.63, 3.8) is 0 Å². The van der Waals surface area contributed by atoms with E-state index in [1.165, 1.54) is 11.8 Å². The number of hydrogen-bond acceptors (Lipinski definition) is 6. The van der Waals surface area contributed by atoms with Gasteiger partial charge >= 0.3 is 5.97 Å². The summed E-state index contributed by atoms with van der Waals surface area (Å²) >= 11 is 6.92. The molecule has 0 saturated carbocycles. The number of carbonyl (C=O) groups excluding carboxylic acids is 2. The maximum Gasteiger partial charge on any atom is 0.312 e.